The molecule has 0 spiro atoms. The molecule has 7 rings (SSSR count). The summed E-state index contributed by atoms with van der Waals surface area (Å²) in [6, 6.07) is 65.6. The topological polar surface area (TPSA) is 6.48 Å². The molecule has 278 valence electrons. The van der Waals surface area contributed by atoms with Gasteiger partial charge in [-0.1, -0.05) is 160 Å². The molecule has 2 nitrogen and oxygen atoms in total. The van der Waals surface area contributed by atoms with Crippen molar-refractivity contribution in [2.75, 3.05) is 9.80 Å². The first-order valence-electron chi connectivity index (χ1n) is 20.2. The molecule has 0 aromatic heterocycles. The molecule has 7 aromatic carbocycles. The highest BCUT2D eigenvalue weighted by Gasteiger charge is 2.13. The molecule has 0 fully saturated rings. The molecule has 0 radical (unpaired) electrons. The number of unbranched alkanes of at least 4 members (excludes halogenated alkanes) is 2. The van der Waals surface area contributed by atoms with Crippen LogP contribution < -0.4 is 9.80 Å². The molecule has 0 heterocycles. The van der Waals surface area contributed by atoms with Crippen LogP contribution in [0, 0.1) is 0 Å². The fraction of sp³-hybridized carbons (Fsp3) is 0.148. The van der Waals surface area contributed by atoms with Gasteiger partial charge in [0.15, 0.2) is 0 Å². The van der Waals surface area contributed by atoms with Crippen LogP contribution in [0.2, 0.25) is 0 Å². The fourth-order valence-electron chi connectivity index (χ4n) is 7.09. The number of nitrogens with zero attached hydrogens (tertiary/aromatic N) is 2. The third-order valence-corrected chi connectivity index (χ3v) is 10.3. The summed E-state index contributed by atoms with van der Waals surface area (Å²) in [5, 5.41) is 0. The summed E-state index contributed by atoms with van der Waals surface area (Å²) in [7, 11) is 0. The predicted octanol–water partition coefficient (Wildman–Crippen LogP) is 15.7. The van der Waals surface area contributed by atoms with Gasteiger partial charge in [0.05, 0.1) is 0 Å². The van der Waals surface area contributed by atoms with Crippen LogP contribution in [0.5, 0.6) is 0 Å². The van der Waals surface area contributed by atoms with Crippen molar-refractivity contribution >= 4 is 58.4 Å². The Morgan fingerprint density at radius 1 is 0.321 bits per heavy atom. The number of rotatable bonds is 16. The fourth-order valence-corrected chi connectivity index (χ4v) is 7.09. The molecule has 0 aliphatic heterocycles. The minimum Gasteiger partial charge on any atom is -0.311 e. The molecule has 0 unspecified atom stereocenters. The lowest BCUT2D eigenvalue weighted by Gasteiger charge is -2.25. The number of aryl methyl sites for hydroxylation is 2. The Kier molecular flexibility index (Phi) is 13.1. The molecule has 0 aliphatic rings. The molecule has 0 aliphatic carbocycles. The SMILES string of the molecule is CCCCc1ccc(N(c2ccccc2)c2ccc(C=Cc3ccccc3C=Cc3ccc(N(c4ccccc4)c4ccc(CCCC)cc4)cc3)cc2)cc1. The summed E-state index contributed by atoms with van der Waals surface area (Å²) in [5.74, 6) is 0. The summed E-state index contributed by atoms with van der Waals surface area (Å²) in [4.78, 5) is 4.66. The maximum atomic E-state index is 2.33. The third kappa shape index (κ3) is 9.83. The molecular formula is C54H52N2. The van der Waals surface area contributed by atoms with Gasteiger partial charge in [-0.25, -0.2) is 0 Å². The average Bonchev–Trinajstić information content (AvgIpc) is 3.26. The van der Waals surface area contributed by atoms with E-state index in [1.165, 1.54) is 47.9 Å². The highest BCUT2D eigenvalue weighted by molar-refractivity contribution is 5.82. The maximum Gasteiger partial charge on any atom is 0.0462 e. The Morgan fingerprint density at radius 3 is 0.964 bits per heavy atom. The van der Waals surface area contributed by atoms with Crippen LogP contribution in [0.4, 0.5) is 34.1 Å². The molecule has 0 amide bonds. The Labute approximate surface area is 334 Å². The molecule has 0 saturated heterocycles. The molecule has 0 N–H and O–H groups in total. The van der Waals surface area contributed by atoms with Gasteiger partial charge in [-0.2, -0.15) is 0 Å². The monoisotopic (exact) mass is 728 g/mol. The minimum absolute atomic E-state index is 1.12. The van der Waals surface area contributed by atoms with Gasteiger partial charge >= 0.3 is 0 Å². The maximum absolute atomic E-state index is 2.33. The lowest BCUT2D eigenvalue weighted by Crippen LogP contribution is -2.09. The molecular weight excluding hydrogens is 677 g/mol. The van der Waals surface area contributed by atoms with E-state index in [0.717, 1.165) is 58.1 Å². The average molecular weight is 729 g/mol. The van der Waals surface area contributed by atoms with E-state index in [1.807, 2.05) is 0 Å². The van der Waals surface area contributed by atoms with Gasteiger partial charge in [0.1, 0.15) is 0 Å². The van der Waals surface area contributed by atoms with Gasteiger partial charge < -0.3 is 9.80 Å². The normalized spacial score (nSPS) is 11.3. The number of hydrogen-bond acceptors (Lipinski definition) is 2. The molecule has 7 aromatic rings. The zero-order valence-corrected chi connectivity index (χ0v) is 32.8. The van der Waals surface area contributed by atoms with Gasteiger partial charge in [-0.15, -0.1) is 0 Å². The van der Waals surface area contributed by atoms with Crippen LogP contribution in [0.3, 0.4) is 0 Å². The van der Waals surface area contributed by atoms with E-state index in [9.17, 15) is 0 Å². The van der Waals surface area contributed by atoms with Gasteiger partial charge in [-0.3, -0.25) is 0 Å². The van der Waals surface area contributed by atoms with Gasteiger partial charge in [0, 0.05) is 34.1 Å². The van der Waals surface area contributed by atoms with Crippen molar-refractivity contribution in [1.82, 2.24) is 0 Å². The summed E-state index contributed by atoms with van der Waals surface area (Å²) >= 11 is 0. The first kappa shape index (κ1) is 37.9. The second-order valence-corrected chi connectivity index (χ2v) is 14.4. The zero-order valence-electron chi connectivity index (χ0n) is 32.8. The first-order valence-corrected chi connectivity index (χ1v) is 20.2. The van der Waals surface area contributed by atoms with Gasteiger partial charge in [0.25, 0.3) is 0 Å². The van der Waals surface area contributed by atoms with E-state index in [-0.39, 0.29) is 0 Å². The number of anilines is 6. The van der Waals surface area contributed by atoms with Crippen molar-refractivity contribution in [1.29, 1.82) is 0 Å². The summed E-state index contributed by atoms with van der Waals surface area (Å²) in [6.07, 6.45) is 15.9. The van der Waals surface area contributed by atoms with Crippen molar-refractivity contribution in [2.45, 2.75) is 52.4 Å². The number of hydrogen-bond donors (Lipinski definition) is 0. The summed E-state index contributed by atoms with van der Waals surface area (Å²) in [5.41, 5.74) is 14.3. The summed E-state index contributed by atoms with van der Waals surface area (Å²) < 4.78 is 0. The molecule has 0 atom stereocenters. The van der Waals surface area contributed by atoms with Gasteiger partial charge in [-0.05, 0) is 132 Å². The number of para-hydroxylation sites is 2. The number of benzene rings is 7. The lowest BCUT2D eigenvalue weighted by molar-refractivity contribution is 0.795. The second-order valence-electron chi connectivity index (χ2n) is 14.4. The third-order valence-electron chi connectivity index (χ3n) is 10.3. The Morgan fingerprint density at radius 2 is 0.625 bits per heavy atom. The highest BCUT2D eigenvalue weighted by Crippen LogP contribution is 2.36. The Balaban J connectivity index is 1.07. The van der Waals surface area contributed by atoms with Crippen molar-refractivity contribution in [2.24, 2.45) is 0 Å². The van der Waals surface area contributed by atoms with Crippen molar-refractivity contribution in [3.05, 3.63) is 215 Å². The minimum atomic E-state index is 1.12. The van der Waals surface area contributed by atoms with Gasteiger partial charge in [0.2, 0.25) is 0 Å². The standard InChI is InChI=1S/C54H52N2/c1-3-5-15-43-25-35-51(36-26-43)55(49-19-9-7-10-20-49)53-39-29-45(30-40-53)23-33-47-17-13-14-18-48(47)34-24-46-31-41-54(42-32-46)56(50-21-11-8-12-22-50)52-37-27-44(28-38-52)16-6-4-2/h7-14,17-42H,3-6,15-16H2,1-2H3. The second kappa shape index (κ2) is 19.3. The van der Waals surface area contributed by atoms with E-state index < -0.39 is 0 Å². The molecule has 56 heavy (non-hydrogen) atoms. The van der Waals surface area contributed by atoms with Crippen LogP contribution in [-0.4, -0.2) is 0 Å². The van der Waals surface area contributed by atoms with E-state index in [0.29, 0.717) is 0 Å². The van der Waals surface area contributed by atoms with E-state index in [1.54, 1.807) is 0 Å². The van der Waals surface area contributed by atoms with Crippen molar-refractivity contribution < 1.29 is 0 Å². The van der Waals surface area contributed by atoms with E-state index >= 15 is 0 Å². The van der Waals surface area contributed by atoms with Crippen molar-refractivity contribution in [3.8, 4) is 0 Å². The Bertz CT molecular complexity index is 2120. The van der Waals surface area contributed by atoms with Crippen LogP contribution >= 0.6 is 0 Å². The molecule has 2 heteroatoms. The van der Waals surface area contributed by atoms with Crippen LogP contribution in [-0.2, 0) is 12.8 Å². The van der Waals surface area contributed by atoms with E-state index in [2.05, 4.69) is 230 Å². The molecule has 0 saturated carbocycles. The zero-order chi connectivity index (χ0) is 38.4. The van der Waals surface area contributed by atoms with Crippen LogP contribution in [0.25, 0.3) is 24.3 Å². The highest BCUT2D eigenvalue weighted by atomic mass is 15.1. The Hall–Kier alpha value is -6.38. The van der Waals surface area contributed by atoms with Crippen LogP contribution in [0.15, 0.2) is 182 Å². The summed E-state index contributed by atoms with van der Waals surface area (Å²) in [6.45, 7) is 4.49. The smallest absolute Gasteiger partial charge is 0.0462 e. The first-order chi connectivity index (χ1) is 27.7. The molecule has 0 bridgehead atoms. The largest absolute Gasteiger partial charge is 0.311 e. The van der Waals surface area contributed by atoms with Crippen molar-refractivity contribution in [3.63, 3.8) is 0 Å². The van der Waals surface area contributed by atoms with Crippen LogP contribution in [0.1, 0.15) is 72.9 Å². The quantitative estimate of drug-likeness (QED) is 0.0914. The lowest BCUT2D eigenvalue weighted by atomic mass is 10.0. The van der Waals surface area contributed by atoms with E-state index in [4.69, 9.17) is 0 Å². The predicted molar refractivity (Wildman–Crippen MR) is 244 cm³/mol.